The maximum Gasteiger partial charge on any atom is 0.385 e. The van der Waals surface area contributed by atoms with Gasteiger partial charge >= 0.3 is 16.3 Å². The average molecular weight is 604 g/mol. The molecule has 0 fully saturated rings. The number of benzene rings is 3. The molecule has 0 saturated carbocycles. The van der Waals surface area contributed by atoms with Gasteiger partial charge in [-0.15, -0.1) is 5.10 Å². The summed E-state index contributed by atoms with van der Waals surface area (Å²) in [5, 5.41) is 9.02. The van der Waals surface area contributed by atoms with E-state index in [9.17, 15) is 13.2 Å². The van der Waals surface area contributed by atoms with Crippen LogP contribution < -0.4 is 9.08 Å². The van der Waals surface area contributed by atoms with Gasteiger partial charge in [-0.05, 0) is 85.7 Å². The Morgan fingerprint density at radius 3 is 2.63 bits per heavy atom. The molecule has 0 amide bonds. The Bertz CT molecular complexity index is 1800. The number of rotatable bonds is 3. The summed E-state index contributed by atoms with van der Waals surface area (Å²) in [4.78, 5) is 15.0. The van der Waals surface area contributed by atoms with Gasteiger partial charge in [0.05, 0.1) is 18.5 Å². The summed E-state index contributed by atoms with van der Waals surface area (Å²) in [6, 6.07) is 15.8. The fourth-order valence-electron chi connectivity index (χ4n) is 6.11. The second-order valence-corrected chi connectivity index (χ2v) is 13.0. The van der Waals surface area contributed by atoms with Crippen LogP contribution in [0.15, 0.2) is 48.5 Å². The van der Waals surface area contributed by atoms with Gasteiger partial charge in [0.15, 0.2) is 0 Å². The van der Waals surface area contributed by atoms with Crippen molar-refractivity contribution in [2.45, 2.75) is 65.6 Å². The molecule has 9 bridgehead atoms. The van der Waals surface area contributed by atoms with Gasteiger partial charge in [0.25, 0.3) is 0 Å². The van der Waals surface area contributed by atoms with Crippen molar-refractivity contribution in [2.75, 3.05) is 25.1 Å². The van der Waals surface area contributed by atoms with E-state index in [2.05, 4.69) is 21.3 Å². The lowest BCUT2D eigenvalue weighted by Gasteiger charge is -2.30. The third-order valence-corrected chi connectivity index (χ3v) is 9.89. The number of carbonyl (C=O) groups excluding carboxylic acids is 1. The first-order valence-electron chi connectivity index (χ1n) is 14.8. The molecule has 0 saturated heterocycles. The molecule has 43 heavy (non-hydrogen) atoms. The van der Waals surface area contributed by atoms with Crippen LogP contribution in [0.5, 0.6) is 5.75 Å². The number of fused-ring (bicyclic) bond motifs is 5. The first-order valence-corrected chi connectivity index (χ1v) is 16.1. The predicted octanol–water partition coefficient (Wildman–Crippen LogP) is 5.00. The third kappa shape index (κ3) is 5.71. The van der Waals surface area contributed by atoms with Crippen molar-refractivity contribution < 1.29 is 22.1 Å². The van der Waals surface area contributed by atoms with E-state index in [0.717, 1.165) is 76.0 Å². The maximum atomic E-state index is 13.2. The Kier molecular flexibility index (Phi) is 7.87. The minimum atomic E-state index is -4.00. The van der Waals surface area contributed by atoms with Crippen LogP contribution in [0.3, 0.4) is 0 Å². The van der Waals surface area contributed by atoms with E-state index >= 15 is 0 Å². The van der Waals surface area contributed by atoms with Crippen molar-refractivity contribution >= 4 is 33.0 Å². The lowest BCUT2D eigenvalue weighted by molar-refractivity contribution is -0.143. The van der Waals surface area contributed by atoms with Crippen molar-refractivity contribution in [3.63, 3.8) is 0 Å². The normalized spacial score (nSPS) is 19.9. The number of anilines is 1. The summed E-state index contributed by atoms with van der Waals surface area (Å²) in [6.07, 6.45) is 2.01. The molecule has 3 aliphatic heterocycles. The average Bonchev–Trinajstić information content (AvgIpc) is 3.39. The van der Waals surface area contributed by atoms with Crippen molar-refractivity contribution in [2.24, 2.45) is 0 Å². The monoisotopic (exact) mass is 603 g/mol. The second-order valence-electron chi connectivity index (χ2n) is 11.4. The first kappa shape index (κ1) is 29.1. The summed E-state index contributed by atoms with van der Waals surface area (Å²) in [5.41, 5.74) is 8.23. The lowest BCUT2D eigenvalue weighted by atomic mass is 9.84. The summed E-state index contributed by atoms with van der Waals surface area (Å²) < 4.78 is 40.7. The van der Waals surface area contributed by atoms with Gasteiger partial charge in [0.2, 0.25) is 0 Å². The molecule has 0 aliphatic carbocycles. The van der Waals surface area contributed by atoms with Crippen LogP contribution in [-0.4, -0.2) is 53.9 Å². The molecule has 226 valence electrons. The number of aryl methyl sites for hydroxylation is 3. The van der Waals surface area contributed by atoms with Gasteiger partial charge in [-0.1, -0.05) is 29.5 Å². The van der Waals surface area contributed by atoms with Crippen molar-refractivity contribution in [1.29, 1.82) is 0 Å². The molecule has 2 atom stereocenters. The van der Waals surface area contributed by atoms with Crippen LogP contribution in [0.1, 0.15) is 65.5 Å². The van der Waals surface area contributed by atoms with Gasteiger partial charge in [-0.3, -0.25) is 4.79 Å². The molecule has 3 aliphatic rings. The lowest BCUT2D eigenvalue weighted by Crippen LogP contribution is -2.37. The topological polar surface area (TPSA) is 107 Å². The van der Waals surface area contributed by atoms with E-state index in [0.29, 0.717) is 12.4 Å². The van der Waals surface area contributed by atoms with Crippen LogP contribution in [0.25, 0.3) is 11.0 Å². The minimum Gasteiger partial charge on any atom is -0.466 e. The Morgan fingerprint density at radius 2 is 1.81 bits per heavy atom. The SMILES string of the molecule is CCOC(=O)CC1c2ccc(C)c(c2)CN2Cc3cc(ccc3OS2(=O)=O)N(C)CCCCn2nnc3c(C)c1ccc32. The van der Waals surface area contributed by atoms with E-state index in [1.165, 1.54) is 4.31 Å². The van der Waals surface area contributed by atoms with Gasteiger partial charge < -0.3 is 13.8 Å². The molecule has 0 N–H and O–H groups in total. The molecule has 3 aromatic carbocycles. The Morgan fingerprint density at radius 1 is 1.02 bits per heavy atom. The van der Waals surface area contributed by atoms with E-state index in [4.69, 9.17) is 8.92 Å². The number of carbonyl (C=O) groups is 1. The van der Waals surface area contributed by atoms with E-state index in [1.54, 1.807) is 13.0 Å². The molecular weight excluding hydrogens is 566 g/mol. The van der Waals surface area contributed by atoms with Crippen molar-refractivity contribution in [3.8, 4) is 5.75 Å². The van der Waals surface area contributed by atoms with Crippen molar-refractivity contribution in [3.05, 3.63) is 81.9 Å². The van der Waals surface area contributed by atoms with Crippen LogP contribution in [0.4, 0.5) is 5.69 Å². The van der Waals surface area contributed by atoms with Crippen molar-refractivity contribution in [1.82, 2.24) is 19.3 Å². The summed E-state index contributed by atoms with van der Waals surface area (Å²) >= 11 is 0. The Hall–Kier alpha value is -3.96. The highest BCUT2D eigenvalue weighted by Crippen LogP contribution is 2.37. The van der Waals surface area contributed by atoms with Gasteiger partial charge in [0, 0.05) is 50.4 Å². The van der Waals surface area contributed by atoms with E-state index in [-0.39, 0.29) is 31.4 Å². The standard InChI is InChI=1S/C32H37N5O5S/c1-5-41-31(38)18-28-23-9-8-21(2)24(16-23)19-36-20-25-17-26(10-13-30(25)42-43(36,39)40)35(4)14-6-7-15-37-29-12-11-27(28)22(3)32(29)33-34-37/h8-13,16-17,28H,5-7,14-15,18-20H2,1-4H3. The molecule has 0 spiro atoms. The number of nitrogens with zero attached hydrogens (tertiary/aromatic N) is 5. The third-order valence-electron chi connectivity index (χ3n) is 8.61. The van der Waals surface area contributed by atoms with E-state index < -0.39 is 10.3 Å². The summed E-state index contributed by atoms with van der Waals surface area (Å²) in [7, 11) is -1.96. The van der Waals surface area contributed by atoms with Gasteiger partial charge in [-0.25, -0.2) is 4.68 Å². The number of aromatic nitrogens is 3. The molecule has 1 aromatic heterocycles. The number of hydrogen-bond acceptors (Lipinski definition) is 8. The molecule has 11 heteroatoms. The van der Waals surface area contributed by atoms with Crippen LogP contribution in [0, 0.1) is 13.8 Å². The minimum absolute atomic E-state index is 0.139. The fourth-order valence-corrected chi connectivity index (χ4v) is 7.20. The Balaban J connectivity index is 1.48. The van der Waals surface area contributed by atoms with Crippen LogP contribution in [-0.2, 0) is 39.5 Å². The van der Waals surface area contributed by atoms with Crippen LogP contribution >= 0.6 is 0 Å². The second kappa shape index (κ2) is 11.6. The Labute approximate surface area is 252 Å². The zero-order valence-electron chi connectivity index (χ0n) is 25.0. The molecule has 0 radical (unpaired) electrons. The zero-order valence-corrected chi connectivity index (χ0v) is 25.9. The molecule has 10 nitrogen and oxygen atoms in total. The summed E-state index contributed by atoms with van der Waals surface area (Å²) in [5.74, 6) is -0.243. The predicted molar refractivity (Wildman–Crippen MR) is 164 cm³/mol. The summed E-state index contributed by atoms with van der Waals surface area (Å²) in [6.45, 7) is 7.99. The highest BCUT2D eigenvalue weighted by Gasteiger charge is 2.33. The van der Waals surface area contributed by atoms with E-state index in [1.807, 2.05) is 62.0 Å². The molecule has 7 rings (SSSR count). The molecule has 4 aromatic rings. The first-order chi connectivity index (χ1) is 20.6. The number of esters is 1. The highest BCUT2D eigenvalue weighted by atomic mass is 32.2. The van der Waals surface area contributed by atoms with Gasteiger partial charge in [0.1, 0.15) is 11.3 Å². The molecular formula is C32H37N5O5S. The number of ether oxygens (including phenoxy) is 1. The largest absolute Gasteiger partial charge is 0.466 e. The van der Waals surface area contributed by atoms with Crippen LogP contribution in [0.2, 0.25) is 0 Å². The zero-order chi connectivity index (χ0) is 30.3. The fraction of sp³-hybridized carbons (Fsp3) is 0.406. The molecule has 2 unspecified atom stereocenters. The van der Waals surface area contributed by atoms with Gasteiger partial charge in [-0.2, -0.15) is 12.7 Å². The molecule has 4 heterocycles. The smallest absolute Gasteiger partial charge is 0.385 e. The quantitative estimate of drug-likeness (QED) is 0.301. The number of hydrogen-bond donors (Lipinski definition) is 0. The highest BCUT2D eigenvalue weighted by molar-refractivity contribution is 7.84. The maximum absolute atomic E-state index is 13.2.